The standard InChI is InChI=1S/C16H15BrF3N/c1-10-9-11(17)7-8-12(10)15(21-2)13-5-3-4-6-14(13)16(18,19)20/h3-9,15,21H,1-2H3. The van der Waals surface area contributed by atoms with Gasteiger partial charge in [-0.05, 0) is 48.9 Å². The monoisotopic (exact) mass is 357 g/mol. The number of hydrogen-bond acceptors (Lipinski definition) is 1. The summed E-state index contributed by atoms with van der Waals surface area (Å²) in [6, 6.07) is 10.7. The molecule has 2 rings (SSSR count). The van der Waals surface area contributed by atoms with Crippen molar-refractivity contribution < 1.29 is 13.2 Å². The Morgan fingerprint density at radius 3 is 2.29 bits per heavy atom. The Labute approximate surface area is 130 Å². The van der Waals surface area contributed by atoms with Gasteiger partial charge < -0.3 is 5.32 Å². The van der Waals surface area contributed by atoms with Crippen LogP contribution in [0.25, 0.3) is 0 Å². The first-order chi connectivity index (χ1) is 9.84. The van der Waals surface area contributed by atoms with Gasteiger partial charge in [-0.1, -0.05) is 40.2 Å². The molecule has 0 aromatic heterocycles. The molecule has 0 aliphatic carbocycles. The zero-order chi connectivity index (χ0) is 15.6. The van der Waals surface area contributed by atoms with Crippen molar-refractivity contribution >= 4 is 15.9 Å². The smallest absolute Gasteiger partial charge is 0.309 e. The van der Waals surface area contributed by atoms with Gasteiger partial charge in [0.1, 0.15) is 0 Å². The van der Waals surface area contributed by atoms with Crippen LogP contribution in [0.3, 0.4) is 0 Å². The highest BCUT2D eigenvalue weighted by atomic mass is 79.9. The lowest BCUT2D eigenvalue weighted by Crippen LogP contribution is -2.22. The highest BCUT2D eigenvalue weighted by molar-refractivity contribution is 9.10. The highest BCUT2D eigenvalue weighted by Gasteiger charge is 2.35. The molecule has 0 fully saturated rings. The van der Waals surface area contributed by atoms with E-state index in [0.717, 1.165) is 21.7 Å². The third-order valence-corrected chi connectivity index (χ3v) is 3.90. The van der Waals surface area contributed by atoms with Crippen molar-refractivity contribution in [3.8, 4) is 0 Å². The number of aryl methyl sites for hydroxylation is 1. The van der Waals surface area contributed by atoms with E-state index in [9.17, 15) is 13.2 Å². The van der Waals surface area contributed by atoms with Crippen LogP contribution in [0.4, 0.5) is 13.2 Å². The summed E-state index contributed by atoms with van der Waals surface area (Å²) in [6.45, 7) is 1.89. The van der Waals surface area contributed by atoms with Gasteiger partial charge in [0.2, 0.25) is 0 Å². The lowest BCUT2D eigenvalue weighted by Gasteiger charge is -2.23. The second kappa shape index (κ2) is 6.20. The van der Waals surface area contributed by atoms with E-state index in [2.05, 4.69) is 21.2 Å². The molecule has 0 aliphatic rings. The third kappa shape index (κ3) is 3.47. The topological polar surface area (TPSA) is 12.0 Å². The zero-order valence-corrected chi connectivity index (χ0v) is 13.2. The lowest BCUT2D eigenvalue weighted by atomic mass is 9.91. The Balaban J connectivity index is 2.57. The molecule has 1 unspecified atom stereocenters. The number of hydrogen-bond donors (Lipinski definition) is 1. The Morgan fingerprint density at radius 2 is 1.71 bits per heavy atom. The van der Waals surface area contributed by atoms with E-state index in [-0.39, 0.29) is 5.56 Å². The first-order valence-corrected chi connectivity index (χ1v) is 7.23. The van der Waals surface area contributed by atoms with Crippen LogP contribution in [0, 0.1) is 6.92 Å². The minimum absolute atomic E-state index is 0.234. The van der Waals surface area contributed by atoms with Gasteiger partial charge in [-0.3, -0.25) is 0 Å². The van der Waals surface area contributed by atoms with Crippen molar-refractivity contribution in [3.05, 3.63) is 69.2 Å². The highest BCUT2D eigenvalue weighted by Crippen LogP contribution is 2.37. The number of rotatable bonds is 3. The Kier molecular flexibility index (Phi) is 4.74. The second-order valence-corrected chi connectivity index (χ2v) is 5.72. The fourth-order valence-electron chi connectivity index (χ4n) is 2.45. The van der Waals surface area contributed by atoms with Crippen molar-refractivity contribution in [3.63, 3.8) is 0 Å². The SMILES string of the molecule is CNC(c1ccc(Br)cc1C)c1ccccc1C(F)(F)F. The molecular formula is C16H15BrF3N. The maximum atomic E-state index is 13.2. The molecular weight excluding hydrogens is 343 g/mol. The van der Waals surface area contributed by atoms with Crippen LogP contribution in [0.1, 0.15) is 28.3 Å². The average Bonchev–Trinajstić information content (AvgIpc) is 2.41. The number of halogens is 4. The quantitative estimate of drug-likeness (QED) is 0.806. The number of alkyl halides is 3. The summed E-state index contributed by atoms with van der Waals surface area (Å²) < 4.78 is 40.5. The molecule has 2 aromatic carbocycles. The molecule has 0 saturated carbocycles. The summed E-state index contributed by atoms with van der Waals surface area (Å²) in [5.41, 5.74) is 1.39. The van der Waals surface area contributed by atoms with E-state index in [1.54, 1.807) is 13.1 Å². The van der Waals surface area contributed by atoms with E-state index in [4.69, 9.17) is 0 Å². The van der Waals surface area contributed by atoms with E-state index in [0.29, 0.717) is 0 Å². The van der Waals surface area contributed by atoms with E-state index < -0.39 is 17.8 Å². The molecule has 5 heteroatoms. The van der Waals surface area contributed by atoms with Gasteiger partial charge in [-0.2, -0.15) is 13.2 Å². The van der Waals surface area contributed by atoms with Gasteiger partial charge >= 0.3 is 6.18 Å². The van der Waals surface area contributed by atoms with Crippen molar-refractivity contribution in [1.82, 2.24) is 5.32 Å². The summed E-state index contributed by atoms with van der Waals surface area (Å²) >= 11 is 3.37. The fourth-order valence-corrected chi connectivity index (χ4v) is 2.92. The van der Waals surface area contributed by atoms with Crippen LogP contribution in [-0.4, -0.2) is 7.05 Å². The summed E-state index contributed by atoms with van der Waals surface area (Å²) in [6.07, 6.45) is -4.37. The molecule has 0 bridgehead atoms. The minimum atomic E-state index is -4.37. The maximum Gasteiger partial charge on any atom is 0.416 e. The van der Waals surface area contributed by atoms with Crippen molar-refractivity contribution in [1.29, 1.82) is 0 Å². The van der Waals surface area contributed by atoms with Crippen LogP contribution in [-0.2, 0) is 6.18 Å². The fraction of sp³-hybridized carbons (Fsp3) is 0.250. The third-order valence-electron chi connectivity index (χ3n) is 3.41. The van der Waals surface area contributed by atoms with Crippen LogP contribution in [0.5, 0.6) is 0 Å². The zero-order valence-electron chi connectivity index (χ0n) is 11.6. The summed E-state index contributed by atoms with van der Waals surface area (Å²) in [7, 11) is 1.67. The Hall–Kier alpha value is -1.33. The first-order valence-electron chi connectivity index (χ1n) is 6.44. The van der Waals surface area contributed by atoms with Gasteiger partial charge in [0.05, 0.1) is 11.6 Å². The molecule has 0 amide bonds. The lowest BCUT2D eigenvalue weighted by molar-refractivity contribution is -0.138. The molecule has 0 saturated heterocycles. The summed E-state index contributed by atoms with van der Waals surface area (Å²) in [5.74, 6) is 0. The summed E-state index contributed by atoms with van der Waals surface area (Å²) in [4.78, 5) is 0. The number of nitrogens with one attached hydrogen (secondary N) is 1. The van der Waals surface area contributed by atoms with Gasteiger partial charge in [0.15, 0.2) is 0 Å². The van der Waals surface area contributed by atoms with E-state index in [1.165, 1.54) is 12.1 Å². The molecule has 1 N–H and O–H groups in total. The first kappa shape index (κ1) is 16.0. The molecule has 0 heterocycles. The molecule has 21 heavy (non-hydrogen) atoms. The van der Waals surface area contributed by atoms with Gasteiger partial charge in [0, 0.05) is 4.47 Å². The maximum absolute atomic E-state index is 13.2. The molecule has 2 aromatic rings. The predicted octanol–water partition coefficient (Wildman–Crippen LogP) is 5.09. The van der Waals surface area contributed by atoms with Crippen molar-refractivity contribution in [2.75, 3.05) is 7.05 Å². The number of benzene rings is 2. The Bertz CT molecular complexity index is 638. The molecule has 112 valence electrons. The van der Waals surface area contributed by atoms with Crippen molar-refractivity contribution in [2.24, 2.45) is 0 Å². The second-order valence-electron chi connectivity index (χ2n) is 4.81. The van der Waals surface area contributed by atoms with Gasteiger partial charge in [0.25, 0.3) is 0 Å². The molecule has 0 aliphatic heterocycles. The average molecular weight is 358 g/mol. The minimum Gasteiger partial charge on any atom is -0.309 e. The predicted molar refractivity (Wildman–Crippen MR) is 81.2 cm³/mol. The van der Waals surface area contributed by atoms with Crippen LogP contribution in [0.15, 0.2) is 46.9 Å². The van der Waals surface area contributed by atoms with Crippen LogP contribution in [0.2, 0.25) is 0 Å². The summed E-state index contributed by atoms with van der Waals surface area (Å²) in [5, 5.41) is 2.99. The molecule has 1 atom stereocenters. The van der Waals surface area contributed by atoms with E-state index >= 15 is 0 Å². The Morgan fingerprint density at radius 1 is 1.05 bits per heavy atom. The van der Waals surface area contributed by atoms with Crippen LogP contribution >= 0.6 is 15.9 Å². The normalized spacial score (nSPS) is 13.2. The van der Waals surface area contributed by atoms with Gasteiger partial charge in [-0.25, -0.2) is 0 Å². The van der Waals surface area contributed by atoms with Crippen molar-refractivity contribution in [2.45, 2.75) is 19.1 Å². The molecule has 0 radical (unpaired) electrons. The van der Waals surface area contributed by atoms with E-state index in [1.807, 2.05) is 25.1 Å². The molecule has 0 spiro atoms. The largest absolute Gasteiger partial charge is 0.416 e. The van der Waals surface area contributed by atoms with Gasteiger partial charge in [-0.15, -0.1) is 0 Å². The molecule has 1 nitrogen and oxygen atoms in total. The van der Waals surface area contributed by atoms with Crippen LogP contribution < -0.4 is 5.32 Å².